The minimum Gasteiger partial charge on any atom is -0.309 e. The van der Waals surface area contributed by atoms with Crippen LogP contribution in [0, 0.1) is 0 Å². The van der Waals surface area contributed by atoms with Crippen LogP contribution in [0.2, 0.25) is 0 Å². The molecule has 1 aliphatic heterocycles. The monoisotopic (exact) mass is 606 g/mol. The molecule has 0 bridgehead atoms. The third-order valence-corrected chi connectivity index (χ3v) is 9.54. The molecular weight excluding hydrogens is 573 g/mol. The van der Waals surface area contributed by atoms with E-state index in [0.29, 0.717) is 0 Å². The molecule has 2 heterocycles. The summed E-state index contributed by atoms with van der Waals surface area (Å²) < 4.78 is 2.40. The molecule has 47 heavy (non-hydrogen) atoms. The van der Waals surface area contributed by atoms with Crippen molar-refractivity contribution in [2.45, 2.75) is 18.5 Å². The Morgan fingerprint density at radius 2 is 0.979 bits per heavy atom. The van der Waals surface area contributed by atoms with Crippen LogP contribution in [0.5, 0.6) is 0 Å². The molecule has 0 spiro atoms. The average molecular weight is 607 g/mol. The van der Waals surface area contributed by atoms with Crippen molar-refractivity contribution in [2.75, 3.05) is 0 Å². The topological polar surface area (TPSA) is 41.0 Å². The summed E-state index contributed by atoms with van der Waals surface area (Å²) in [5, 5.41) is 16.6. The first kappa shape index (κ1) is 27.8. The molecule has 0 amide bonds. The van der Waals surface area contributed by atoms with E-state index in [1.807, 2.05) is 0 Å². The zero-order chi connectivity index (χ0) is 31.2. The quantitative estimate of drug-likeness (QED) is 0.183. The van der Waals surface area contributed by atoms with Crippen LogP contribution in [0.25, 0.3) is 49.4 Å². The van der Waals surface area contributed by atoms with E-state index in [1.54, 1.807) is 0 Å². The maximum atomic E-state index is 3.86. The van der Waals surface area contributed by atoms with E-state index in [1.165, 1.54) is 60.4 Å². The van der Waals surface area contributed by atoms with Crippen molar-refractivity contribution in [3.05, 3.63) is 187 Å². The summed E-state index contributed by atoms with van der Waals surface area (Å²) in [6, 6.07) is 61.0. The summed E-state index contributed by atoms with van der Waals surface area (Å²) in [5.41, 5.74) is 9.62. The van der Waals surface area contributed by atoms with Gasteiger partial charge in [-0.1, -0.05) is 146 Å². The lowest BCUT2D eigenvalue weighted by molar-refractivity contribution is 0.203. The van der Waals surface area contributed by atoms with Gasteiger partial charge in [0, 0.05) is 16.5 Å². The van der Waals surface area contributed by atoms with E-state index in [2.05, 4.69) is 190 Å². The summed E-state index contributed by atoms with van der Waals surface area (Å²) in [4.78, 5) is 0. The molecule has 3 N–H and O–H groups in total. The van der Waals surface area contributed by atoms with Crippen LogP contribution in [0.1, 0.15) is 35.2 Å². The number of hydrogen-bond acceptors (Lipinski definition) is 3. The molecule has 8 aromatic rings. The van der Waals surface area contributed by atoms with Crippen LogP contribution in [-0.2, 0) is 0 Å². The molecule has 0 radical (unpaired) electrons. The summed E-state index contributed by atoms with van der Waals surface area (Å²) in [6.07, 6.45) is -0.114. The molecule has 0 aliphatic carbocycles. The normalized spacial score (nSPS) is 18.2. The minimum absolute atomic E-state index is 0.0190. The predicted octanol–water partition coefficient (Wildman–Crippen LogP) is 9.78. The highest BCUT2D eigenvalue weighted by Crippen LogP contribution is 2.38. The maximum absolute atomic E-state index is 3.86. The molecule has 2 unspecified atom stereocenters. The van der Waals surface area contributed by atoms with E-state index in [9.17, 15) is 0 Å². The second kappa shape index (κ2) is 11.7. The Hall–Kier alpha value is -5.52. The Morgan fingerprint density at radius 3 is 1.70 bits per heavy atom. The maximum Gasteiger partial charge on any atom is 0.0870 e. The summed E-state index contributed by atoms with van der Waals surface area (Å²) in [7, 11) is 0. The lowest BCUT2D eigenvalue weighted by Gasteiger charge is -2.40. The van der Waals surface area contributed by atoms with Gasteiger partial charge in [-0.05, 0) is 62.9 Å². The third kappa shape index (κ3) is 4.91. The van der Waals surface area contributed by atoms with E-state index < -0.39 is 0 Å². The number of hydrogen-bond donors (Lipinski definition) is 3. The smallest absolute Gasteiger partial charge is 0.0870 e. The van der Waals surface area contributed by atoms with E-state index in [-0.39, 0.29) is 18.5 Å². The molecule has 2 atom stereocenters. The second-order valence-corrected chi connectivity index (χ2v) is 12.3. The van der Waals surface area contributed by atoms with Crippen LogP contribution >= 0.6 is 0 Å². The molecule has 4 heteroatoms. The number of para-hydroxylation sites is 1. The first-order valence-electron chi connectivity index (χ1n) is 16.3. The fraction of sp³-hybridized carbons (Fsp3) is 0.0698. The average Bonchev–Trinajstić information content (AvgIpc) is 3.50. The lowest BCUT2D eigenvalue weighted by atomic mass is 9.96. The van der Waals surface area contributed by atoms with Crippen molar-refractivity contribution in [1.29, 1.82) is 0 Å². The third-order valence-electron chi connectivity index (χ3n) is 9.54. The number of nitrogens with zero attached hydrogens (tertiary/aromatic N) is 1. The summed E-state index contributed by atoms with van der Waals surface area (Å²) >= 11 is 0. The van der Waals surface area contributed by atoms with Crippen molar-refractivity contribution >= 4 is 32.6 Å². The Bertz CT molecular complexity index is 2300. The van der Waals surface area contributed by atoms with Crippen LogP contribution in [-0.4, -0.2) is 4.57 Å². The molecule has 4 nitrogen and oxygen atoms in total. The highest BCUT2D eigenvalue weighted by molar-refractivity contribution is 6.21. The van der Waals surface area contributed by atoms with Gasteiger partial charge in [0.15, 0.2) is 0 Å². The van der Waals surface area contributed by atoms with Crippen LogP contribution in [0.3, 0.4) is 0 Å². The van der Waals surface area contributed by atoms with Gasteiger partial charge in [0.1, 0.15) is 0 Å². The first-order chi connectivity index (χ1) is 23.3. The molecule has 9 rings (SSSR count). The molecule has 7 aromatic carbocycles. The molecule has 1 fully saturated rings. The van der Waals surface area contributed by atoms with Gasteiger partial charge in [0.25, 0.3) is 0 Å². The van der Waals surface area contributed by atoms with Gasteiger partial charge in [-0.2, -0.15) is 0 Å². The fourth-order valence-electron chi connectivity index (χ4n) is 7.32. The van der Waals surface area contributed by atoms with Gasteiger partial charge in [-0.25, -0.2) is 0 Å². The Balaban J connectivity index is 1.11. The molecule has 226 valence electrons. The molecule has 0 saturated carbocycles. The van der Waals surface area contributed by atoms with Crippen LogP contribution in [0.15, 0.2) is 170 Å². The number of nitrogens with one attached hydrogen (secondary N) is 3. The number of benzene rings is 7. The van der Waals surface area contributed by atoms with Gasteiger partial charge in [-0.3, -0.25) is 16.0 Å². The lowest BCUT2D eigenvalue weighted by Crippen LogP contribution is -2.54. The standard InChI is InChI=1S/C43H34N4/c1-3-14-31(15-4-1)41-44-42(32-16-5-2-6-17-32)46-43(45-41)36-20-10-9-18-34(36)30-23-26-33(27-24-30)47-38-22-12-11-21-37(38)40-35-19-8-7-13-29(35)25-28-39(40)47/h1-28,41-46H. The second-order valence-electron chi connectivity index (χ2n) is 12.3. The van der Waals surface area contributed by atoms with Gasteiger partial charge in [-0.15, -0.1) is 0 Å². The molecule has 1 aromatic heterocycles. The molecule has 1 saturated heterocycles. The number of aromatic nitrogens is 1. The largest absolute Gasteiger partial charge is 0.309 e. The van der Waals surface area contributed by atoms with E-state index in [0.717, 1.165) is 5.69 Å². The van der Waals surface area contributed by atoms with Crippen LogP contribution in [0.4, 0.5) is 0 Å². The van der Waals surface area contributed by atoms with Crippen molar-refractivity contribution < 1.29 is 0 Å². The van der Waals surface area contributed by atoms with Crippen molar-refractivity contribution in [2.24, 2.45) is 0 Å². The first-order valence-corrected chi connectivity index (χ1v) is 16.3. The SMILES string of the molecule is c1ccc(C2NC(c3ccccc3)NC(c3ccccc3-c3ccc(-n4c5ccccc5c5c6ccccc6ccc54)cc3)N2)cc1. The Labute approximate surface area is 274 Å². The summed E-state index contributed by atoms with van der Waals surface area (Å²) in [6.45, 7) is 0. The fourth-order valence-corrected chi connectivity index (χ4v) is 7.32. The van der Waals surface area contributed by atoms with E-state index >= 15 is 0 Å². The van der Waals surface area contributed by atoms with Crippen molar-refractivity contribution in [3.63, 3.8) is 0 Å². The minimum atomic E-state index is -0.0758. The van der Waals surface area contributed by atoms with Gasteiger partial charge >= 0.3 is 0 Å². The zero-order valence-electron chi connectivity index (χ0n) is 25.8. The highest BCUT2D eigenvalue weighted by Gasteiger charge is 2.30. The summed E-state index contributed by atoms with van der Waals surface area (Å²) in [5.74, 6) is 0. The number of rotatable bonds is 5. The zero-order valence-corrected chi connectivity index (χ0v) is 25.8. The van der Waals surface area contributed by atoms with Crippen LogP contribution < -0.4 is 16.0 Å². The van der Waals surface area contributed by atoms with Gasteiger partial charge in [0.2, 0.25) is 0 Å². The van der Waals surface area contributed by atoms with Crippen molar-refractivity contribution in [3.8, 4) is 16.8 Å². The Morgan fingerprint density at radius 1 is 0.404 bits per heavy atom. The highest BCUT2D eigenvalue weighted by atomic mass is 15.4. The number of fused-ring (bicyclic) bond motifs is 5. The van der Waals surface area contributed by atoms with Gasteiger partial charge < -0.3 is 4.57 Å². The Kier molecular flexibility index (Phi) is 6.90. The van der Waals surface area contributed by atoms with Crippen molar-refractivity contribution in [1.82, 2.24) is 20.5 Å². The molecular formula is C43H34N4. The molecule has 1 aliphatic rings. The van der Waals surface area contributed by atoms with E-state index in [4.69, 9.17) is 0 Å². The predicted molar refractivity (Wildman–Crippen MR) is 194 cm³/mol. The van der Waals surface area contributed by atoms with Gasteiger partial charge in [0.05, 0.1) is 29.5 Å².